The van der Waals surface area contributed by atoms with Crippen molar-refractivity contribution in [3.05, 3.63) is 63.3 Å². The molecule has 5 nitrogen and oxygen atoms in total. The molecule has 1 aliphatic carbocycles. The topological polar surface area (TPSA) is 72.2 Å². The van der Waals surface area contributed by atoms with Gasteiger partial charge in [-0.1, -0.05) is 12.1 Å². The van der Waals surface area contributed by atoms with Crippen LogP contribution in [0.4, 0.5) is 4.39 Å². The molecule has 1 aromatic heterocycles. The first kappa shape index (κ1) is 14.4. The van der Waals surface area contributed by atoms with Crippen LogP contribution in [0.15, 0.2) is 35.1 Å². The number of nitrogens with zero attached hydrogens (tertiary/aromatic N) is 2. The van der Waals surface area contributed by atoms with Gasteiger partial charge in [-0.25, -0.2) is 9.07 Å². The number of aliphatic carboxylic acids is 1. The first-order valence-electron chi connectivity index (χ1n) is 7.10. The van der Waals surface area contributed by atoms with Crippen LogP contribution in [0.2, 0.25) is 0 Å². The summed E-state index contributed by atoms with van der Waals surface area (Å²) in [6.45, 7) is 0.201. The molecule has 0 aliphatic heterocycles. The molecular weight excluding hydrogens is 287 g/mol. The normalized spacial score (nSPS) is 17.0. The number of hydrogen-bond acceptors (Lipinski definition) is 3. The second-order valence-electron chi connectivity index (χ2n) is 5.52. The maximum Gasteiger partial charge on any atom is 0.306 e. The summed E-state index contributed by atoms with van der Waals surface area (Å²) in [5.41, 5.74) is 1.83. The average molecular weight is 302 g/mol. The van der Waals surface area contributed by atoms with Crippen molar-refractivity contribution in [3.63, 3.8) is 0 Å². The van der Waals surface area contributed by atoms with Crippen LogP contribution in [0, 0.1) is 11.7 Å². The minimum Gasteiger partial charge on any atom is -0.481 e. The molecule has 0 saturated carbocycles. The minimum atomic E-state index is -0.838. The molecule has 0 radical (unpaired) electrons. The van der Waals surface area contributed by atoms with Crippen molar-refractivity contribution in [3.8, 4) is 0 Å². The summed E-state index contributed by atoms with van der Waals surface area (Å²) in [5, 5.41) is 13.4. The molecule has 22 heavy (non-hydrogen) atoms. The summed E-state index contributed by atoms with van der Waals surface area (Å²) < 4.78 is 14.5. The van der Waals surface area contributed by atoms with E-state index in [2.05, 4.69) is 5.10 Å². The van der Waals surface area contributed by atoms with Gasteiger partial charge in [0.05, 0.1) is 18.2 Å². The fourth-order valence-electron chi connectivity index (χ4n) is 2.76. The van der Waals surface area contributed by atoms with Crippen LogP contribution >= 0.6 is 0 Å². The lowest BCUT2D eigenvalue weighted by Gasteiger charge is -2.21. The number of carboxylic acid groups (broad SMARTS) is 1. The van der Waals surface area contributed by atoms with Crippen LogP contribution in [0.25, 0.3) is 0 Å². The Hall–Kier alpha value is -2.50. The summed E-state index contributed by atoms with van der Waals surface area (Å²) in [4.78, 5) is 23.2. The Morgan fingerprint density at radius 1 is 1.41 bits per heavy atom. The summed E-state index contributed by atoms with van der Waals surface area (Å²) in [5.74, 6) is -1.64. The first-order valence-corrected chi connectivity index (χ1v) is 7.10. The van der Waals surface area contributed by atoms with E-state index >= 15 is 0 Å². The number of aromatic nitrogens is 2. The van der Waals surface area contributed by atoms with Crippen molar-refractivity contribution in [1.82, 2.24) is 9.78 Å². The monoisotopic (exact) mass is 302 g/mol. The average Bonchev–Trinajstić information content (AvgIpc) is 2.47. The third-order valence-corrected chi connectivity index (χ3v) is 3.93. The largest absolute Gasteiger partial charge is 0.481 e. The van der Waals surface area contributed by atoms with Crippen molar-refractivity contribution in [1.29, 1.82) is 0 Å². The molecule has 1 heterocycles. The van der Waals surface area contributed by atoms with E-state index in [9.17, 15) is 14.0 Å². The predicted molar refractivity (Wildman–Crippen MR) is 77.1 cm³/mol. The summed E-state index contributed by atoms with van der Waals surface area (Å²) in [7, 11) is 0. The van der Waals surface area contributed by atoms with E-state index in [0.29, 0.717) is 30.4 Å². The fourth-order valence-corrected chi connectivity index (χ4v) is 2.76. The highest BCUT2D eigenvalue weighted by atomic mass is 19.1. The Morgan fingerprint density at radius 2 is 2.23 bits per heavy atom. The van der Waals surface area contributed by atoms with Gasteiger partial charge in [0.2, 0.25) is 0 Å². The van der Waals surface area contributed by atoms with Gasteiger partial charge in [-0.2, -0.15) is 5.10 Å². The number of halogens is 1. The van der Waals surface area contributed by atoms with Gasteiger partial charge in [0, 0.05) is 6.07 Å². The van der Waals surface area contributed by atoms with Crippen molar-refractivity contribution in [2.75, 3.05) is 0 Å². The molecule has 1 aliphatic rings. The van der Waals surface area contributed by atoms with Crippen molar-refractivity contribution in [2.45, 2.75) is 25.8 Å². The third-order valence-electron chi connectivity index (χ3n) is 3.93. The zero-order chi connectivity index (χ0) is 15.7. The highest BCUT2D eigenvalue weighted by Gasteiger charge is 2.25. The molecule has 1 atom stereocenters. The zero-order valence-electron chi connectivity index (χ0n) is 11.8. The van der Waals surface area contributed by atoms with Crippen LogP contribution in [0.5, 0.6) is 0 Å². The van der Waals surface area contributed by atoms with E-state index in [1.807, 2.05) is 0 Å². The first-order chi connectivity index (χ1) is 10.5. The standard InChI is InChI=1S/C16H15FN2O3/c17-13-3-1-2-10(6-13)9-19-15(20)8-12-7-11(16(21)22)4-5-14(12)18-19/h1-3,6,8,11H,4-5,7,9H2,(H,21,22). The molecule has 0 saturated heterocycles. The van der Waals surface area contributed by atoms with E-state index in [1.165, 1.54) is 22.9 Å². The van der Waals surface area contributed by atoms with E-state index < -0.39 is 11.9 Å². The Labute approximate surface area is 126 Å². The Kier molecular flexibility index (Phi) is 3.75. The second-order valence-corrected chi connectivity index (χ2v) is 5.52. The lowest BCUT2D eigenvalue weighted by molar-refractivity contribution is -0.142. The van der Waals surface area contributed by atoms with Gasteiger partial charge < -0.3 is 5.11 Å². The number of rotatable bonds is 3. The summed E-state index contributed by atoms with van der Waals surface area (Å²) >= 11 is 0. The van der Waals surface area contributed by atoms with Gasteiger partial charge in [-0.05, 0) is 42.5 Å². The van der Waals surface area contributed by atoms with Gasteiger partial charge in [0.15, 0.2) is 0 Å². The summed E-state index contributed by atoms with van der Waals surface area (Å²) in [6.07, 6.45) is 1.40. The van der Waals surface area contributed by atoms with Crippen LogP contribution < -0.4 is 5.56 Å². The fraction of sp³-hybridized carbons (Fsp3) is 0.312. The van der Waals surface area contributed by atoms with E-state index in [0.717, 1.165) is 5.69 Å². The van der Waals surface area contributed by atoms with E-state index in [4.69, 9.17) is 5.11 Å². The van der Waals surface area contributed by atoms with Gasteiger partial charge >= 0.3 is 5.97 Å². The maximum atomic E-state index is 13.2. The molecule has 1 N–H and O–H groups in total. The van der Waals surface area contributed by atoms with E-state index in [1.54, 1.807) is 12.1 Å². The van der Waals surface area contributed by atoms with Crippen molar-refractivity contribution in [2.24, 2.45) is 5.92 Å². The van der Waals surface area contributed by atoms with Gasteiger partial charge in [0.1, 0.15) is 5.82 Å². The third kappa shape index (κ3) is 2.90. The Balaban J connectivity index is 1.89. The predicted octanol–water partition coefficient (Wildman–Crippen LogP) is 1.62. The number of aryl methyl sites for hydroxylation is 1. The molecular formula is C16H15FN2O3. The van der Waals surface area contributed by atoms with E-state index in [-0.39, 0.29) is 17.9 Å². The second kappa shape index (κ2) is 5.71. The molecule has 1 unspecified atom stereocenters. The number of fused-ring (bicyclic) bond motifs is 1. The lowest BCUT2D eigenvalue weighted by atomic mass is 9.87. The van der Waals surface area contributed by atoms with Crippen LogP contribution in [-0.2, 0) is 24.2 Å². The molecule has 0 amide bonds. The molecule has 6 heteroatoms. The lowest BCUT2D eigenvalue weighted by Crippen LogP contribution is -2.30. The minimum absolute atomic E-state index is 0.201. The molecule has 114 valence electrons. The smallest absolute Gasteiger partial charge is 0.306 e. The van der Waals surface area contributed by atoms with Gasteiger partial charge in [-0.3, -0.25) is 9.59 Å². The quantitative estimate of drug-likeness (QED) is 0.935. The molecule has 3 rings (SSSR count). The maximum absolute atomic E-state index is 13.2. The molecule has 1 aromatic carbocycles. The molecule has 0 fully saturated rings. The van der Waals surface area contributed by atoms with Crippen molar-refractivity contribution >= 4 is 5.97 Å². The molecule has 0 bridgehead atoms. The highest BCUT2D eigenvalue weighted by Crippen LogP contribution is 2.23. The Bertz CT molecular complexity index is 785. The van der Waals surface area contributed by atoms with Gasteiger partial charge in [-0.15, -0.1) is 0 Å². The van der Waals surface area contributed by atoms with Crippen LogP contribution in [0.1, 0.15) is 23.2 Å². The number of benzene rings is 1. The number of carboxylic acids is 1. The molecule has 2 aromatic rings. The van der Waals surface area contributed by atoms with Crippen molar-refractivity contribution < 1.29 is 14.3 Å². The molecule has 0 spiro atoms. The number of hydrogen-bond donors (Lipinski definition) is 1. The number of carbonyl (C=O) groups is 1. The van der Waals surface area contributed by atoms with Crippen LogP contribution in [-0.4, -0.2) is 20.9 Å². The van der Waals surface area contributed by atoms with Gasteiger partial charge in [0.25, 0.3) is 5.56 Å². The summed E-state index contributed by atoms with van der Waals surface area (Å²) in [6, 6.07) is 7.49. The zero-order valence-corrected chi connectivity index (χ0v) is 11.8. The SMILES string of the molecule is O=C(O)C1CCc2nn(Cc3cccc(F)c3)c(=O)cc2C1. The highest BCUT2D eigenvalue weighted by molar-refractivity contribution is 5.70. The Morgan fingerprint density at radius 3 is 2.95 bits per heavy atom. The van der Waals surface area contributed by atoms with Crippen LogP contribution in [0.3, 0.4) is 0 Å².